The Morgan fingerprint density at radius 2 is 1.75 bits per heavy atom. The van der Waals surface area contributed by atoms with E-state index in [4.69, 9.17) is 5.11 Å². The molecule has 0 aromatic carbocycles. The second-order valence-electron chi connectivity index (χ2n) is 5.85. The molecule has 1 saturated heterocycles. The van der Waals surface area contributed by atoms with Gasteiger partial charge >= 0.3 is 5.97 Å². The van der Waals surface area contributed by atoms with Gasteiger partial charge < -0.3 is 10.4 Å². The molecule has 1 unspecified atom stereocenters. The number of carbonyl (C=O) groups excluding carboxylic acids is 1. The van der Waals surface area contributed by atoms with Gasteiger partial charge in [0, 0.05) is 6.54 Å². The van der Waals surface area contributed by atoms with Crippen LogP contribution in [0.2, 0.25) is 0 Å². The standard InChI is InChI=1S/C13H21NO5S/c15-12(10-3-1-2-4-11(10)13(16)17)14-7-9-5-6-20(18,19)8-9/h9-11H,1-8H2,(H,14,15)(H,16,17)/t9?,10-,11+/m1/s1. The van der Waals surface area contributed by atoms with Gasteiger partial charge in [-0.2, -0.15) is 0 Å². The van der Waals surface area contributed by atoms with E-state index in [1.165, 1.54) is 0 Å². The van der Waals surface area contributed by atoms with Gasteiger partial charge in [0.2, 0.25) is 5.91 Å². The predicted octanol–water partition coefficient (Wildman–Crippen LogP) is 0.428. The van der Waals surface area contributed by atoms with E-state index >= 15 is 0 Å². The molecule has 6 nitrogen and oxygen atoms in total. The third kappa shape index (κ3) is 3.71. The van der Waals surface area contributed by atoms with E-state index in [0.717, 1.165) is 12.8 Å². The Morgan fingerprint density at radius 1 is 1.10 bits per heavy atom. The van der Waals surface area contributed by atoms with Crippen LogP contribution < -0.4 is 5.32 Å². The Hall–Kier alpha value is -1.11. The fourth-order valence-electron chi connectivity index (χ4n) is 3.15. The number of hydrogen-bond donors (Lipinski definition) is 2. The number of nitrogens with one attached hydrogen (secondary N) is 1. The van der Waals surface area contributed by atoms with E-state index in [2.05, 4.69) is 5.32 Å². The molecule has 1 heterocycles. The van der Waals surface area contributed by atoms with Crippen LogP contribution in [-0.2, 0) is 19.4 Å². The third-order valence-corrected chi connectivity index (χ3v) is 6.15. The predicted molar refractivity (Wildman–Crippen MR) is 72.9 cm³/mol. The lowest BCUT2D eigenvalue weighted by molar-refractivity contribution is -0.148. The van der Waals surface area contributed by atoms with Crippen molar-refractivity contribution in [3.63, 3.8) is 0 Å². The maximum absolute atomic E-state index is 12.1. The van der Waals surface area contributed by atoms with Crippen molar-refractivity contribution in [1.29, 1.82) is 0 Å². The molecule has 3 atom stereocenters. The minimum atomic E-state index is -2.94. The van der Waals surface area contributed by atoms with E-state index < -0.39 is 27.6 Å². The zero-order valence-corrected chi connectivity index (χ0v) is 12.2. The molecule has 1 aliphatic carbocycles. The van der Waals surface area contributed by atoms with Crippen LogP contribution >= 0.6 is 0 Å². The molecule has 0 aromatic rings. The summed E-state index contributed by atoms with van der Waals surface area (Å²) in [4.78, 5) is 23.3. The van der Waals surface area contributed by atoms with Crippen LogP contribution in [0.3, 0.4) is 0 Å². The smallest absolute Gasteiger partial charge is 0.307 e. The van der Waals surface area contributed by atoms with Crippen molar-refractivity contribution in [1.82, 2.24) is 5.32 Å². The highest BCUT2D eigenvalue weighted by Gasteiger charge is 2.36. The molecular weight excluding hydrogens is 282 g/mol. The molecule has 1 saturated carbocycles. The summed E-state index contributed by atoms with van der Waals surface area (Å²) >= 11 is 0. The summed E-state index contributed by atoms with van der Waals surface area (Å²) < 4.78 is 22.7. The molecule has 2 fully saturated rings. The lowest BCUT2D eigenvalue weighted by Gasteiger charge is -2.27. The molecule has 1 amide bonds. The summed E-state index contributed by atoms with van der Waals surface area (Å²) in [7, 11) is -2.94. The SMILES string of the molecule is O=C(O)[C@H]1CCCC[C@H]1C(=O)NCC1CCS(=O)(=O)C1. The van der Waals surface area contributed by atoms with Crippen LogP contribution in [0.5, 0.6) is 0 Å². The van der Waals surface area contributed by atoms with E-state index in [9.17, 15) is 18.0 Å². The van der Waals surface area contributed by atoms with E-state index in [-0.39, 0.29) is 23.3 Å². The lowest BCUT2D eigenvalue weighted by atomic mass is 9.78. The van der Waals surface area contributed by atoms with E-state index in [1.54, 1.807) is 0 Å². The van der Waals surface area contributed by atoms with Crippen LogP contribution in [0.4, 0.5) is 0 Å². The number of hydrogen-bond acceptors (Lipinski definition) is 4. The first-order valence-electron chi connectivity index (χ1n) is 7.10. The van der Waals surface area contributed by atoms with Crippen LogP contribution in [0.1, 0.15) is 32.1 Å². The van der Waals surface area contributed by atoms with Gasteiger partial charge in [-0.25, -0.2) is 8.42 Å². The summed E-state index contributed by atoms with van der Waals surface area (Å²) in [5, 5.41) is 11.9. The topological polar surface area (TPSA) is 101 Å². The van der Waals surface area contributed by atoms with Crippen molar-refractivity contribution in [2.45, 2.75) is 32.1 Å². The number of rotatable bonds is 4. The van der Waals surface area contributed by atoms with Crippen molar-refractivity contribution < 1.29 is 23.1 Å². The fraction of sp³-hybridized carbons (Fsp3) is 0.846. The molecule has 0 spiro atoms. The maximum Gasteiger partial charge on any atom is 0.307 e. The van der Waals surface area contributed by atoms with Crippen molar-refractivity contribution >= 4 is 21.7 Å². The largest absolute Gasteiger partial charge is 0.481 e. The zero-order chi connectivity index (χ0) is 14.8. The number of sulfone groups is 1. The number of aliphatic carboxylic acids is 1. The molecule has 0 aromatic heterocycles. The summed E-state index contributed by atoms with van der Waals surface area (Å²) in [6, 6.07) is 0. The number of carboxylic acids is 1. The molecule has 114 valence electrons. The summed E-state index contributed by atoms with van der Waals surface area (Å²) in [6.45, 7) is 0.334. The molecule has 7 heteroatoms. The van der Waals surface area contributed by atoms with Crippen LogP contribution in [0.25, 0.3) is 0 Å². The van der Waals surface area contributed by atoms with Gasteiger partial charge in [-0.05, 0) is 25.2 Å². The average Bonchev–Trinajstić information content (AvgIpc) is 2.75. The third-order valence-electron chi connectivity index (χ3n) is 4.31. The molecule has 2 N–H and O–H groups in total. The molecule has 0 radical (unpaired) electrons. The van der Waals surface area contributed by atoms with Crippen LogP contribution in [0.15, 0.2) is 0 Å². The summed E-state index contributed by atoms with van der Waals surface area (Å²) in [6.07, 6.45) is 3.45. The van der Waals surface area contributed by atoms with Gasteiger partial charge in [-0.1, -0.05) is 12.8 Å². The van der Waals surface area contributed by atoms with Crippen LogP contribution in [-0.4, -0.2) is 43.5 Å². The van der Waals surface area contributed by atoms with Crippen molar-refractivity contribution in [2.24, 2.45) is 17.8 Å². The second kappa shape index (κ2) is 6.11. The van der Waals surface area contributed by atoms with Gasteiger partial charge in [0.25, 0.3) is 0 Å². The fourth-order valence-corrected chi connectivity index (χ4v) is 5.01. The summed E-state index contributed by atoms with van der Waals surface area (Å²) in [5.41, 5.74) is 0. The Labute approximate surface area is 118 Å². The average molecular weight is 303 g/mol. The maximum atomic E-state index is 12.1. The Balaban J connectivity index is 1.86. The van der Waals surface area contributed by atoms with E-state index in [0.29, 0.717) is 25.8 Å². The van der Waals surface area contributed by atoms with Gasteiger partial charge in [0.15, 0.2) is 9.84 Å². The highest BCUT2D eigenvalue weighted by molar-refractivity contribution is 7.91. The minimum absolute atomic E-state index is 0.0316. The first-order chi connectivity index (χ1) is 9.39. The first-order valence-corrected chi connectivity index (χ1v) is 8.92. The van der Waals surface area contributed by atoms with Gasteiger partial charge in [0.1, 0.15) is 0 Å². The molecular formula is C13H21NO5S. The number of carboxylic acid groups (broad SMARTS) is 1. The highest BCUT2D eigenvalue weighted by Crippen LogP contribution is 2.30. The highest BCUT2D eigenvalue weighted by atomic mass is 32.2. The van der Waals surface area contributed by atoms with Gasteiger partial charge in [-0.3, -0.25) is 9.59 Å². The van der Waals surface area contributed by atoms with Crippen molar-refractivity contribution in [2.75, 3.05) is 18.1 Å². The Morgan fingerprint density at radius 3 is 2.30 bits per heavy atom. The summed E-state index contributed by atoms with van der Waals surface area (Å²) in [5.74, 6) is -1.93. The quantitative estimate of drug-likeness (QED) is 0.784. The van der Waals surface area contributed by atoms with Crippen molar-refractivity contribution in [3.05, 3.63) is 0 Å². The van der Waals surface area contributed by atoms with Crippen molar-refractivity contribution in [3.8, 4) is 0 Å². The molecule has 0 bridgehead atoms. The van der Waals surface area contributed by atoms with Gasteiger partial charge in [0.05, 0.1) is 23.3 Å². The first kappa shape index (κ1) is 15.3. The molecule has 1 aliphatic heterocycles. The Kier molecular flexibility index (Phi) is 4.67. The zero-order valence-electron chi connectivity index (χ0n) is 11.4. The normalized spacial score (nSPS) is 32.7. The minimum Gasteiger partial charge on any atom is -0.481 e. The molecule has 20 heavy (non-hydrogen) atoms. The lowest BCUT2D eigenvalue weighted by Crippen LogP contribution is -2.41. The molecule has 2 aliphatic rings. The monoisotopic (exact) mass is 303 g/mol. The van der Waals surface area contributed by atoms with E-state index in [1.807, 2.05) is 0 Å². The molecule has 2 rings (SSSR count). The Bertz CT molecular complexity index is 487. The second-order valence-corrected chi connectivity index (χ2v) is 8.08. The van der Waals surface area contributed by atoms with Gasteiger partial charge in [-0.15, -0.1) is 0 Å². The number of carbonyl (C=O) groups is 2. The van der Waals surface area contributed by atoms with Crippen LogP contribution in [0, 0.1) is 17.8 Å². The number of amides is 1.